The van der Waals surface area contributed by atoms with E-state index in [4.69, 9.17) is 10.8 Å². The summed E-state index contributed by atoms with van der Waals surface area (Å²) in [5.74, 6) is -0.899. The first-order valence-corrected chi connectivity index (χ1v) is 6.82. The van der Waals surface area contributed by atoms with Gasteiger partial charge in [0.15, 0.2) is 0 Å². The second-order valence-electron chi connectivity index (χ2n) is 4.81. The maximum atomic E-state index is 13.5. The van der Waals surface area contributed by atoms with Crippen molar-refractivity contribution < 1.29 is 17.9 Å². The van der Waals surface area contributed by atoms with Crippen molar-refractivity contribution in [1.29, 1.82) is 0 Å². The molecular weight excluding hydrogens is 259 g/mol. The first kappa shape index (κ1) is 14.9. The first-order chi connectivity index (χ1) is 8.19. The third-order valence-corrected chi connectivity index (χ3v) is 3.93. The molecule has 0 spiro atoms. The SMILES string of the molecule is CC(C)(CO)CNS(=O)(=O)c1c(N)cccc1F. The number of nitrogen functional groups attached to an aromatic ring is 1. The zero-order chi connectivity index (χ0) is 14.0. The van der Waals surface area contributed by atoms with Gasteiger partial charge in [-0.05, 0) is 12.1 Å². The van der Waals surface area contributed by atoms with Crippen LogP contribution in [0.3, 0.4) is 0 Å². The molecule has 0 aliphatic carbocycles. The van der Waals surface area contributed by atoms with Gasteiger partial charge in [-0.1, -0.05) is 19.9 Å². The van der Waals surface area contributed by atoms with Crippen LogP contribution in [0.1, 0.15) is 13.8 Å². The smallest absolute Gasteiger partial charge is 0.245 e. The predicted octanol–water partition coefficient (Wildman–Crippen LogP) is 0.705. The van der Waals surface area contributed by atoms with Gasteiger partial charge in [0.05, 0.1) is 5.69 Å². The zero-order valence-corrected chi connectivity index (χ0v) is 11.1. The molecule has 102 valence electrons. The van der Waals surface area contributed by atoms with E-state index in [-0.39, 0.29) is 18.8 Å². The number of aliphatic hydroxyl groups is 1. The van der Waals surface area contributed by atoms with Gasteiger partial charge < -0.3 is 10.8 Å². The second-order valence-corrected chi connectivity index (χ2v) is 6.51. The number of aliphatic hydroxyl groups excluding tert-OH is 1. The first-order valence-electron chi connectivity index (χ1n) is 5.34. The Bertz CT molecular complexity index is 509. The molecule has 0 unspecified atom stereocenters. The number of benzene rings is 1. The van der Waals surface area contributed by atoms with Gasteiger partial charge >= 0.3 is 0 Å². The summed E-state index contributed by atoms with van der Waals surface area (Å²) in [6.45, 7) is 3.16. The van der Waals surface area contributed by atoms with E-state index < -0.39 is 26.2 Å². The topological polar surface area (TPSA) is 92.4 Å². The van der Waals surface area contributed by atoms with Gasteiger partial charge in [0.2, 0.25) is 10.0 Å². The molecule has 1 aromatic rings. The van der Waals surface area contributed by atoms with Crippen LogP contribution >= 0.6 is 0 Å². The highest BCUT2D eigenvalue weighted by molar-refractivity contribution is 7.89. The summed E-state index contributed by atoms with van der Waals surface area (Å²) in [5, 5.41) is 9.04. The summed E-state index contributed by atoms with van der Waals surface area (Å²) >= 11 is 0. The number of rotatable bonds is 5. The Morgan fingerprint density at radius 3 is 2.56 bits per heavy atom. The quantitative estimate of drug-likeness (QED) is 0.690. The molecule has 1 rings (SSSR count). The molecule has 4 N–H and O–H groups in total. The van der Waals surface area contributed by atoms with Gasteiger partial charge in [0, 0.05) is 18.6 Å². The van der Waals surface area contributed by atoms with Crippen molar-refractivity contribution in [2.24, 2.45) is 5.41 Å². The average Bonchev–Trinajstić information content (AvgIpc) is 2.26. The summed E-state index contributed by atoms with van der Waals surface area (Å²) in [6, 6.07) is 3.68. The van der Waals surface area contributed by atoms with Gasteiger partial charge in [0.1, 0.15) is 10.7 Å². The van der Waals surface area contributed by atoms with Gasteiger partial charge in [0.25, 0.3) is 0 Å². The minimum atomic E-state index is -4.03. The Kier molecular flexibility index (Phi) is 4.31. The van der Waals surface area contributed by atoms with Crippen LogP contribution in [-0.4, -0.2) is 26.7 Å². The van der Waals surface area contributed by atoms with Gasteiger partial charge in [-0.25, -0.2) is 17.5 Å². The molecule has 18 heavy (non-hydrogen) atoms. The van der Waals surface area contributed by atoms with Crippen molar-refractivity contribution in [3.8, 4) is 0 Å². The van der Waals surface area contributed by atoms with E-state index in [1.807, 2.05) is 0 Å². The Labute approximate surface area is 106 Å². The molecule has 0 aliphatic rings. The fraction of sp³-hybridized carbons (Fsp3) is 0.455. The van der Waals surface area contributed by atoms with E-state index in [9.17, 15) is 12.8 Å². The molecule has 0 saturated carbocycles. The maximum Gasteiger partial charge on any atom is 0.245 e. The van der Waals surface area contributed by atoms with Crippen molar-refractivity contribution in [3.05, 3.63) is 24.0 Å². The molecule has 1 aromatic carbocycles. The van der Waals surface area contributed by atoms with Crippen LogP contribution in [0.2, 0.25) is 0 Å². The molecule has 7 heteroatoms. The summed E-state index contributed by atoms with van der Waals surface area (Å²) < 4.78 is 39.6. The standard InChI is InChI=1S/C11H17FN2O3S/c1-11(2,7-15)6-14-18(16,17)10-8(12)4-3-5-9(10)13/h3-5,14-15H,6-7,13H2,1-2H3. The number of nitrogens with two attached hydrogens (primary N) is 1. The molecule has 0 bridgehead atoms. The summed E-state index contributed by atoms with van der Waals surface area (Å²) in [6.07, 6.45) is 0. The Hall–Kier alpha value is -1.18. The Balaban J connectivity index is 3.01. The highest BCUT2D eigenvalue weighted by Crippen LogP contribution is 2.22. The highest BCUT2D eigenvalue weighted by atomic mass is 32.2. The second kappa shape index (κ2) is 5.21. The Morgan fingerprint density at radius 1 is 1.44 bits per heavy atom. The number of sulfonamides is 1. The van der Waals surface area contributed by atoms with Gasteiger partial charge in [-0.3, -0.25) is 0 Å². The number of nitrogens with one attached hydrogen (secondary N) is 1. The fourth-order valence-electron chi connectivity index (χ4n) is 1.23. The molecule has 0 fully saturated rings. The minimum Gasteiger partial charge on any atom is -0.398 e. The van der Waals surface area contributed by atoms with Crippen LogP contribution in [0.5, 0.6) is 0 Å². The lowest BCUT2D eigenvalue weighted by molar-refractivity contribution is 0.163. The van der Waals surface area contributed by atoms with E-state index in [2.05, 4.69) is 4.72 Å². The van der Waals surface area contributed by atoms with Crippen molar-refractivity contribution in [2.75, 3.05) is 18.9 Å². The monoisotopic (exact) mass is 276 g/mol. The lowest BCUT2D eigenvalue weighted by Gasteiger charge is -2.22. The van der Waals surface area contributed by atoms with Gasteiger partial charge in [-0.15, -0.1) is 0 Å². The van der Waals surface area contributed by atoms with Crippen molar-refractivity contribution in [3.63, 3.8) is 0 Å². The summed E-state index contributed by atoms with van der Waals surface area (Å²) in [4.78, 5) is -0.557. The lowest BCUT2D eigenvalue weighted by atomic mass is 9.96. The van der Waals surface area contributed by atoms with Crippen LogP contribution in [0.25, 0.3) is 0 Å². The van der Waals surface area contributed by atoms with Crippen LogP contribution in [0, 0.1) is 11.2 Å². The third kappa shape index (κ3) is 3.41. The third-order valence-electron chi connectivity index (χ3n) is 2.43. The number of hydrogen-bond acceptors (Lipinski definition) is 4. The van der Waals surface area contributed by atoms with Crippen molar-refractivity contribution >= 4 is 15.7 Å². The van der Waals surface area contributed by atoms with E-state index in [1.54, 1.807) is 13.8 Å². The van der Waals surface area contributed by atoms with Crippen LogP contribution in [0.4, 0.5) is 10.1 Å². The van der Waals surface area contributed by atoms with Crippen LogP contribution in [0.15, 0.2) is 23.1 Å². The largest absolute Gasteiger partial charge is 0.398 e. The van der Waals surface area contributed by atoms with E-state index in [1.165, 1.54) is 12.1 Å². The molecule has 0 saturated heterocycles. The molecule has 5 nitrogen and oxygen atoms in total. The van der Waals surface area contributed by atoms with Crippen molar-refractivity contribution in [1.82, 2.24) is 4.72 Å². The predicted molar refractivity (Wildman–Crippen MR) is 66.9 cm³/mol. The van der Waals surface area contributed by atoms with E-state index in [0.717, 1.165) is 6.07 Å². The molecule has 0 aromatic heterocycles. The minimum absolute atomic E-state index is 0.0143. The number of halogens is 1. The highest BCUT2D eigenvalue weighted by Gasteiger charge is 2.25. The molecule has 0 heterocycles. The summed E-state index contributed by atoms with van der Waals surface area (Å²) in [7, 11) is -4.03. The van der Waals surface area contributed by atoms with E-state index >= 15 is 0 Å². The normalized spacial score (nSPS) is 12.7. The Morgan fingerprint density at radius 2 is 2.06 bits per heavy atom. The number of anilines is 1. The molecule has 0 atom stereocenters. The average molecular weight is 276 g/mol. The van der Waals surface area contributed by atoms with E-state index in [0.29, 0.717) is 0 Å². The van der Waals surface area contributed by atoms with Crippen LogP contribution < -0.4 is 10.5 Å². The molecular formula is C11H17FN2O3S. The van der Waals surface area contributed by atoms with Crippen LogP contribution in [-0.2, 0) is 10.0 Å². The van der Waals surface area contributed by atoms with Gasteiger partial charge in [-0.2, -0.15) is 0 Å². The molecule has 0 amide bonds. The maximum absolute atomic E-state index is 13.5. The van der Waals surface area contributed by atoms with Crippen molar-refractivity contribution in [2.45, 2.75) is 18.7 Å². The fourth-order valence-corrected chi connectivity index (χ4v) is 2.66. The number of hydrogen-bond donors (Lipinski definition) is 3. The molecule has 0 aliphatic heterocycles. The zero-order valence-electron chi connectivity index (χ0n) is 10.3. The summed E-state index contributed by atoms with van der Waals surface area (Å²) in [5.41, 5.74) is 4.69. The lowest BCUT2D eigenvalue weighted by Crippen LogP contribution is -2.36. The molecule has 0 radical (unpaired) electrons.